The van der Waals surface area contributed by atoms with Crippen molar-refractivity contribution in [3.8, 4) is 33.4 Å². The average Bonchev–Trinajstić information content (AvgIpc) is 3.29. The maximum absolute atomic E-state index is 6.31. The molecular weight excluding hydrogens is 436 g/mol. The lowest BCUT2D eigenvalue weighted by molar-refractivity contribution is 0.669. The Bertz CT molecular complexity index is 1900. The van der Waals surface area contributed by atoms with Crippen LogP contribution < -0.4 is 0 Å². The van der Waals surface area contributed by atoms with Crippen molar-refractivity contribution in [3.05, 3.63) is 133 Å². The molecular formula is C35H24O. The normalized spacial score (nSPS) is 11.5. The fourth-order valence-electron chi connectivity index (χ4n) is 5.32. The van der Waals surface area contributed by atoms with Crippen molar-refractivity contribution in [2.75, 3.05) is 0 Å². The summed E-state index contributed by atoms with van der Waals surface area (Å²) in [6.07, 6.45) is 0. The van der Waals surface area contributed by atoms with Crippen LogP contribution in [0.3, 0.4) is 0 Å². The van der Waals surface area contributed by atoms with Gasteiger partial charge in [0.25, 0.3) is 0 Å². The van der Waals surface area contributed by atoms with Crippen molar-refractivity contribution in [1.29, 1.82) is 0 Å². The summed E-state index contributed by atoms with van der Waals surface area (Å²) in [6.45, 7) is 2.14. The van der Waals surface area contributed by atoms with Crippen LogP contribution in [0.4, 0.5) is 0 Å². The van der Waals surface area contributed by atoms with E-state index < -0.39 is 0 Å². The predicted octanol–water partition coefficient (Wildman–Crippen LogP) is 10.0. The van der Waals surface area contributed by atoms with Gasteiger partial charge in [0.15, 0.2) is 0 Å². The second-order valence-electron chi connectivity index (χ2n) is 9.51. The third kappa shape index (κ3) is 3.49. The summed E-state index contributed by atoms with van der Waals surface area (Å²) in [7, 11) is 0. The van der Waals surface area contributed by atoms with E-state index in [1.54, 1.807) is 0 Å². The molecule has 0 atom stereocenters. The Morgan fingerprint density at radius 2 is 1.03 bits per heavy atom. The minimum absolute atomic E-state index is 0.921. The molecule has 0 saturated carbocycles. The van der Waals surface area contributed by atoms with Crippen LogP contribution in [0.1, 0.15) is 5.56 Å². The Kier molecular flexibility index (Phi) is 4.75. The van der Waals surface area contributed by atoms with Gasteiger partial charge in [-0.1, -0.05) is 103 Å². The highest BCUT2D eigenvalue weighted by molar-refractivity contribution is 6.15. The van der Waals surface area contributed by atoms with E-state index in [1.807, 2.05) is 0 Å². The van der Waals surface area contributed by atoms with Crippen molar-refractivity contribution >= 4 is 32.7 Å². The Morgan fingerprint density at radius 1 is 0.444 bits per heavy atom. The summed E-state index contributed by atoms with van der Waals surface area (Å²) in [4.78, 5) is 0. The van der Waals surface area contributed by atoms with Crippen LogP contribution in [0.2, 0.25) is 0 Å². The fourth-order valence-corrected chi connectivity index (χ4v) is 5.32. The first-order valence-corrected chi connectivity index (χ1v) is 12.3. The molecule has 1 aromatic heterocycles. The first kappa shape index (κ1) is 20.7. The summed E-state index contributed by atoms with van der Waals surface area (Å²) in [5.74, 6) is 0. The van der Waals surface area contributed by atoms with Gasteiger partial charge in [-0.25, -0.2) is 0 Å². The Labute approximate surface area is 210 Å². The van der Waals surface area contributed by atoms with Gasteiger partial charge in [0, 0.05) is 10.8 Å². The van der Waals surface area contributed by atoms with Crippen LogP contribution in [-0.4, -0.2) is 0 Å². The summed E-state index contributed by atoms with van der Waals surface area (Å²) < 4.78 is 6.31. The molecule has 0 N–H and O–H groups in total. The summed E-state index contributed by atoms with van der Waals surface area (Å²) >= 11 is 0. The molecule has 0 bridgehead atoms. The van der Waals surface area contributed by atoms with Crippen LogP contribution in [0.15, 0.2) is 132 Å². The first-order valence-electron chi connectivity index (χ1n) is 12.3. The lowest BCUT2D eigenvalue weighted by Gasteiger charge is -2.10. The highest BCUT2D eigenvalue weighted by Crippen LogP contribution is 2.39. The highest BCUT2D eigenvalue weighted by Gasteiger charge is 2.14. The third-order valence-corrected chi connectivity index (χ3v) is 7.08. The lowest BCUT2D eigenvalue weighted by Crippen LogP contribution is -1.85. The Morgan fingerprint density at radius 3 is 1.75 bits per heavy atom. The zero-order chi connectivity index (χ0) is 24.1. The van der Waals surface area contributed by atoms with E-state index in [-0.39, 0.29) is 0 Å². The number of hydrogen-bond donors (Lipinski definition) is 0. The molecule has 0 aliphatic rings. The first-order chi connectivity index (χ1) is 17.7. The van der Waals surface area contributed by atoms with Crippen molar-refractivity contribution in [2.45, 2.75) is 6.92 Å². The highest BCUT2D eigenvalue weighted by atomic mass is 16.3. The zero-order valence-electron chi connectivity index (χ0n) is 20.0. The monoisotopic (exact) mass is 460 g/mol. The molecule has 6 aromatic carbocycles. The maximum Gasteiger partial charge on any atom is 0.136 e. The molecule has 1 heteroatoms. The lowest BCUT2D eigenvalue weighted by atomic mass is 9.94. The number of rotatable bonds is 3. The smallest absolute Gasteiger partial charge is 0.136 e. The van der Waals surface area contributed by atoms with Gasteiger partial charge in [-0.2, -0.15) is 0 Å². The molecule has 170 valence electrons. The van der Waals surface area contributed by atoms with Crippen LogP contribution in [0.5, 0.6) is 0 Å². The molecule has 0 unspecified atom stereocenters. The van der Waals surface area contributed by atoms with Gasteiger partial charge < -0.3 is 4.42 Å². The molecule has 0 saturated heterocycles. The van der Waals surface area contributed by atoms with Crippen molar-refractivity contribution in [2.24, 2.45) is 0 Å². The average molecular weight is 461 g/mol. The van der Waals surface area contributed by atoms with E-state index in [2.05, 4.69) is 134 Å². The molecule has 0 aliphatic heterocycles. The van der Waals surface area contributed by atoms with Crippen LogP contribution in [0, 0.1) is 6.92 Å². The van der Waals surface area contributed by atoms with Crippen molar-refractivity contribution < 1.29 is 4.42 Å². The van der Waals surface area contributed by atoms with Gasteiger partial charge in [-0.3, -0.25) is 0 Å². The summed E-state index contributed by atoms with van der Waals surface area (Å²) in [5.41, 5.74) is 10.4. The van der Waals surface area contributed by atoms with Gasteiger partial charge in [0.1, 0.15) is 11.2 Å². The van der Waals surface area contributed by atoms with Crippen LogP contribution in [0.25, 0.3) is 66.1 Å². The van der Waals surface area contributed by atoms with Gasteiger partial charge in [0.2, 0.25) is 0 Å². The SMILES string of the molecule is Cc1cccc(-c2cccc(-c3cccc(-c4cccc5oc6cc7ccccc7cc6c45)c3)c2)c1. The topological polar surface area (TPSA) is 13.1 Å². The molecule has 0 amide bonds. The van der Waals surface area contributed by atoms with Gasteiger partial charge in [-0.15, -0.1) is 0 Å². The number of fused-ring (bicyclic) bond motifs is 4. The molecule has 0 spiro atoms. The van der Waals surface area contributed by atoms with E-state index in [0.717, 1.165) is 16.6 Å². The quantitative estimate of drug-likeness (QED) is 0.256. The second-order valence-corrected chi connectivity index (χ2v) is 9.51. The minimum Gasteiger partial charge on any atom is -0.456 e. The fraction of sp³-hybridized carbons (Fsp3) is 0.0286. The summed E-state index contributed by atoms with van der Waals surface area (Å²) in [5, 5.41) is 4.75. The van der Waals surface area contributed by atoms with E-state index >= 15 is 0 Å². The van der Waals surface area contributed by atoms with Crippen LogP contribution >= 0.6 is 0 Å². The number of hydrogen-bond acceptors (Lipinski definition) is 1. The van der Waals surface area contributed by atoms with E-state index in [1.165, 1.54) is 55.1 Å². The molecule has 1 heterocycles. The van der Waals surface area contributed by atoms with E-state index in [9.17, 15) is 0 Å². The van der Waals surface area contributed by atoms with Gasteiger partial charge in [-0.05, 0) is 81.4 Å². The molecule has 0 aliphatic carbocycles. The molecule has 0 radical (unpaired) electrons. The summed E-state index contributed by atoms with van der Waals surface area (Å²) in [6, 6.07) is 45.6. The van der Waals surface area contributed by atoms with E-state index in [0.29, 0.717) is 0 Å². The van der Waals surface area contributed by atoms with Crippen LogP contribution in [-0.2, 0) is 0 Å². The standard InChI is InChI=1S/C35H24O/c1-23-8-4-11-24(18-23)25-12-5-13-26(19-25)27-14-6-15-30(20-27)31-16-7-17-33-35(31)32-21-28-9-2-3-10-29(28)22-34(32)36-33/h2-22H,1H3. The molecule has 0 fully saturated rings. The van der Waals surface area contributed by atoms with Crippen molar-refractivity contribution in [1.82, 2.24) is 0 Å². The van der Waals surface area contributed by atoms with E-state index in [4.69, 9.17) is 4.42 Å². The molecule has 7 aromatic rings. The maximum atomic E-state index is 6.31. The molecule has 1 nitrogen and oxygen atoms in total. The number of aryl methyl sites for hydroxylation is 1. The Balaban J connectivity index is 1.38. The molecule has 36 heavy (non-hydrogen) atoms. The molecule has 7 rings (SSSR count). The third-order valence-electron chi connectivity index (χ3n) is 7.08. The van der Waals surface area contributed by atoms with Gasteiger partial charge in [0.05, 0.1) is 0 Å². The largest absolute Gasteiger partial charge is 0.456 e. The van der Waals surface area contributed by atoms with Gasteiger partial charge >= 0.3 is 0 Å². The number of benzene rings is 6. The number of furan rings is 1. The van der Waals surface area contributed by atoms with Crippen molar-refractivity contribution in [3.63, 3.8) is 0 Å². The Hall–Kier alpha value is -4.62. The minimum atomic E-state index is 0.921. The second kappa shape index (κ2) is 8.25. The predicted molar refractivity (Wildman–Crippen MR) is 152 cm³/mol. The zero-order valence-corrected chi connectivity index (χ0v) is 20.0.